The number of hydrogen-bond acceptors (Lipinski definition) is 3. The average molecular weight is 294 g/mol. The fourth-order valence-corrected chi connectivity index (χ4v) is 3.17. The zero-order chi connectivity index (χ0) is 14.1. The summed E-state index contributed by atoms with van der Waals surface area (Å²) in [5.41, 5.74) is 1.94. The van der Waals surface area contributed by atoms with E-state index in [9.17, 15) is 4.79 Å². The van der Waals surface area contributed by atoms with Crippen molar-refractivity contribution in [1.82, 2.24) is 0 Å². The van der Waals surface area contributed by atoms with E-state index in [1.807, 2.05) is 24.3 Å². The van der Waals surface area contributed by atoms with Crippen LogP contribution >= 0.6 is 11.6 Å². The predicted molar refractivity (Wildman–Crippen MR) is 75.9 cm³/mol. The highest BCUT2D eigenvalue weighted by atomic mass is 35.5. The lowest BCUT2D eigenvalue weighted by Gasteiger charge is -2.15. The maximum absolute atomic E-state index is 11.1. The molecule has 20 heavy (non-hydrogen) atoms. The van der Waals surface area contributed by atoms with E-state index in [4.69, 9.17) is 21.5 Å². The standard InChI is InChI=1S/C15H16ClNO3/c16-11-5-1-9(2-6-11)14-12-7-3-10(15(18)19)4-8-13(12)20-17-14/h1-2,5-6,10,12-13H,3-4,7-8H2,(H,18,19). The van der Waals surface area contributed by atoms with Gasteiger partial charge in [-0.05, 0) is 43.4 Å². The van der Waals surface area contributed by atoms with Gasteiger partial charge in [0.05, 0.1) is 11.6 Å². The summed E-state index contributed by atoms with van der Waals surface area (Å²) in [5.74, 6) is -0.758. The second-order valence-corrected chi connectivity index (χ2v) is 5.86. The van der Waals surface area contributed by atoms with E-state index in [0.717, 1.165) is 24.1 Å². The highest BCUT2D eigenvalue weighted by Gasteiger charge is 2.38. The molecular weight excluding hydrogens is 278 g/mol. The van der Waals surface area contributed by atoms with Gasteiger partial charge in [-0.2, -0.15) is 0 Å². The van der Waals surface area contributed by atoms with Crippen molar-refractivity contribution in [2.75, 3.05) is 0 Å². The Labute approximate surface area is 122 Å². The van der Waals surface area contributed by atoms with Gasteiger partial charge >= 0.3 is 5.97 Å². The summed E-state index contributed by atoms with van der Waals surface area (Å²) in [6.45, 7) is 0. The van der Waals surface area contributed by atoms with Crippen molar-refractivity contribution in [2.45, 2.75) is 31.8 Å². The van der Waals surface area contributed by atoms with Crippen molar-refractivity contribution in [1.29, 1.82) is 0 Å². The fourth-order valence-electron chi connectivity index (χ4n) is 3.04. The van der Waals surface area contributed by atoms with E-state index in [-0.39, 0.29) is 17.9 Å². The molecule has 1 aromatic carbocycles. The van der Waals surface area contributed by atoms with Gasteiger partial charge in [0, 0.05) is 10.9 Å². The van der Waals surface area contributed by atoms with E-state index >= 15 is 0 Å². The zero-order valence-electron chi connectivity index (χ0n) is 11.0. The molecule has 4 nitrogen and oxygen atoms in total. The summed E-state index contributed by atoms with van der Waals surface area (Å²) in [4.78, 5) is 16.7. The molecule has 0 spiro atoms. The molecule has 5 heteroatoms. The van der Waals surface area contributed by atoms with Crippen molar-refractivity contribution in [3.05, 3.63) is 34.9 Å². The van der Waals surface area contributed by atoms with Crippen molar-refractivity contribution in [3.8, 4) is 0 Å². The van der Waals surface area contributed by atoms with E-state index in [2.05, 4.69) is 5.16 Å². The normalized spacial score (nSPS) is 29.1. The molecule has 1 heterocycles. The van der Waals surface area contributed by atoms with Crippen molar-refractivity contribution >= 4 is 23.3 Å². The summed E-state index contributed by atoms with van der Waals surface area (Å²) in [6.07, 6.45) is 2.93. The van der Waals surface area contributed by atoms with Crippen molar-refractivity contribution in [2.24, 2.45) is 17.0 Å². The number of rotatable bonds is 2. The van der Waals surface area contributed by atoms with E-state index in [0.29, 0.717) is 17.9 Å². The molecule has 0 bridgehead atoms. The number of aliphatic carboxylic acids is 1. The average Bonchev–Trinajstić information content (AvgIpc) is 2.71. The summed E-state index contributed by atoms with van der Waals surface area (Å²) in [6, 6.07) is 7.55. The molecule has 2 aliphatic rings. The molecule has 1 aliphatic carbocycles. The van der Waals surface area contributed by atoms with Gasteiger partial charge < -0.3 is 9.94 Å². The van der Waals surface area contributed by atoms with Crippen LogP contribution in [0.25, 0.3) is 0 Å². The maximum atomic E-state index is 11.1. The van der Waals surface area contributed by atoms with Gasteiger partial charge in [-0.3, -0.25) is 4.79 Å². The number of nitrogens with zero attached hydrogens (tertiary/aromatic N) is 1. The van der Waals surface area contributed by atoms with Crippen LogP contribution in [0.1, 0.15) is 31.2 Å². The number of halogens is 1. The molecule has 0 aromatic heterocycles. The van der Waals surface area contributed by atoms with E-state index in [1.165, 1.54) is 0 Å². The molecule has 1 fully saturated rings. The second kappa shape index (κ2) is 5.44. The Morgan fingerprint density at radius 3 is 2.60 bits per heavy atom. The lowest BCUT2D eigenvalue weighted by atomic mass is 9.89. The van der Waals surface area contributed by atoms with Crippen LogP contribution in [0.2, 0.25) is 5.02 Å². The second-order valence-electron chi connectivity index (χ2n) is 5.42. The fraction of sp³-hybridized carbons (Fsp3) is 0.467. The first kappa shape index (κ1) is 13.4. The van der Waals surface area contributed by atoms with Crippen LogP contribution in [-0.4, -0.2) is 22.9 Å². The van der Waals surface area contributed by atoms with Crippen LogP contribution in [0.3, 0.4) is 0 Å². The van der Waals surface area contributed by atoms with Crippen molar-refractivity contribution < 1.29 is 14.7 Å². The smallest absolute Gasteiger partial charge is 0.306 e. The molecule has 1 aromatic rings. The lowest BCUT2D eigenvalue weighted by molar-refractivity contribution is -0.142. The number of benzene rings is 1. The first-order valence-electron chi connectivity index (χ1n) is 6.87. The zero-order valence-corrected chi connectivity index (χ0v) is 11.7. The SMILES string of the molecule is O=C(O)C1CCC2ON=C(c3ccc(Cl)cc3)C2CC1. The third-order valence-corrected chi connectivity index (χ3v) is 4.45. The molecule has 3 unspecified atom stereocenters. The third kappa shape index (κ3) is 2.52. The third-order valence-electron chi connectivity index (χ3n) is 4.20. The Kier molecular flexibility index (Phi) is 3.66. The van der Waals surface area contributed by atoms with Gasteiger partial charge in [0.1, 0.15) is 6.10 Å². The van der Waals surface area contributed by atoms with Crippen LogP contribution in [0.4, 0.5) is 0 Å². The Morgan fingerprint density at radius 2 is 1.90 bits per heavy atom. The molecule has 1 aliphatic heterocycles. The molecule has 3 rings (SSSR count). The number of hydrogen-bond donors (Lipinski definition) is 1. The number of carbonyl (C=O) groups is 1. The van der Waals surface area contributed by atoms with Gasteiger partial charge in [0.15, 0.2) is 0 Å². The molecule has 106 valence electrons. The van der Waals surface area contributed by atoms with Gasteiger partial charge in [-0.15, -0.1) is 0 Å². The first-order chi connectivity index (χ1) is 9.65. The van der Waals surface area contributed by atoms with Crippen LogP contribution in [0, 0.1) is 11.8 Å². The topological polar surface area (TPSA) is 58.9 Å². The molecule has 1 N–H and O–H groups in total. The number of carboxylic acids is 1. The lowest BCUT2D eigenvalue weighted by Crippen LogP contribution is -2.22. The van der Waals surface area contributed by atoms with Gasteiger partial charge in [-0.25, -0.2) is 0 Å². The minimum absolute atomic E-state index is 0.0185. The Morgan fingerprint density at radius 1 is 1.20 bits per heavy atom. The molecule has 1 saturated carbocycles. The van der Waals surface area contributed by atoms with E-state index in [1.54, 1.807) is 0 Å². The molecule has 0 radical (unpaired) electrons. The summed E-state index contributed by atoms with van der Waals surface area (Å²) in [7, 11) is 0. The quantitative estimate of drug-likeness (QED) is 0.910. The Bertz CT molecular complexity index is 541. The Hall–Kier alpha value is -1.55. The van der Waals surface area contributed by atoms with Crippen LogP contribution in [0.15, 0.2) is 29.4 Å². The minimum Gasteiger partial charge on any atom is -0.481 e. The van der Waals surface area contributed by atoms with Gasteiger partial charge in [-0.1, -0.05) is 28.9 Å². The monoisotopic (exact) mass is 293 g/mol. The number of oxime groups is 1. The van der Waals surface area contributed by atoms with Gasteiger partial charge in [0.25, 0.3) is 0 Å². The molecule has 3 atom stereocenters. The van der Waals surface area contributed by atoms with Crippen LogP contribution in [0.5, 0.6) is 0 Å². The largest absolute Gasteiger partial charge is 0.481 e. The molecule has 0 saturated heterocycles. The number of carboxylic acid groups (broad SMARTS) is 1. The van der Waals surface area contributed by atoms with E-state index < -0.39 is 5.97 Å². The maximum Gasteiger partial charge on any atom is 0.306 e. The minimum atomic E-state index is -0.699. The van der Waals surface area contributed by atoms with Gasteiger partial charge in [0.2, 0.25) is 0 Å². The Balaban J connectivity index is 1.79. The summed E-state index contributed by atoms with van der Waals surface area (Å²) in [5, 5.41) is 14.1. The van der Waals surface area contributed by atoms with Crippen molar-refractivity contribution in [3.63, 3.8) is 0 Å². The highest BCUT2D eigenvalue weighted by Crippen LogP contribution is 2.36. The molecular formula is C15H16ClNO3. The number of fused-ring (bicyclic) bond motifs is 1. The molecule has 0 amide bonds. The van der Waals surface area contributed by atoms with Crippen LogP contribution < -0.4 is 0 Å². The van der Waals surface area contributed by atoms with Crippen LogP contribution in [-0.2, 0) is 9.63 Å². The first-order valence-corrected chi connectivity index (χ1v) is 7.25. The summed E-state index contributed by atoms with van der Waals surface area (Å²) >= 11 is 5.90. The summed E-state index contributed by atoms with van der Waals surface area (Å²) < 4.78 is 0. The predicted octanol–water partition coefficient (Wildman–Crippen LogP) is 3.33. The highest BCUT2D eigenvalue weighted by molar-refractivity contribution is 6.30.